The lowest BCUT2D eigenvalue weighted by molar-refractivity contribution is -0.141. The molecule has 1 aliphatic carbocycles. The average molecular weight is 441 g/mol. The van der Waals surface area contributed by atoms with Crippen LogP contribution in [-0.2, 0) is 18.4 Å². The van der Waals surface area contributed by atoms with Gasteiger partial charge in [-0.3, -0.25) is 4.79 Å². The third-order valence-electron chi connectivity index (χ3n) is 5.05. The van der Waals surface area contributed by atoms with Crippen molar-refractivity contribution in [2.24, 2.45) is 11.8 Å². The zero-order valence-corrected chi connectivity index (χ0v) is 22.0. The first-order valence-corrected chi connectivity index (χ1v) is 18.0. The largest absolute Gasteiger partial charge is 0.469 e. The van der Waals surface area contributed by atoms with Crippen molar-refractivity contribution in [3.05, 3.63) is 24.3 Å². The van der Waals surface area contributed by atoms with Gasteiger partial charge in [0.2, 0.25) is 0 Å². The fraction of sp³-hybridized carbons (Fsp3) is 0.783. The molecule has 4 nitrogen and oxygen atoms in total. The van der Waals surface area contributed by atoms with Gasteiger partial charge < -0.3 is 13.6 Å². The molecule has 1 saturated carbocycles. The van der Waals surface area contributed by atoms with E-state index in [9.17, 15) is 4.79 Å². The van der Waals surface area contributed by atoms with Gasteiger partial charge in [0.25, 0.3) is 0 Å². The molecule has 0 radical (unpaired) electrons. The molecule has 29 heavy (non-hydrogen) atoms. The summed E-state index contributed by atoms with van der Waals surface area (Å²) < 4.78 is 18.1. The quantitative estimate of drug-likeness (QED) is 0.154. The van der Waals surface area contributed by atoms with Crippen molar-refractivity contribution in [3.63, 3.8) is 0 Å². The molecule has 0 aliphatic heterocycles. The van der Waals surface area contributed by atoms with Crippen molar-refractivity contribution in [3.8, 4) is 0 Å². The highest BCUT2D eigenvalue weighted by molar-refractivity contribution is 6.70. The fourth-order valence-electron chi connectivity index (χ4n) is 4.02. The van der Waals surface area contributed by atoms with Crippen LogP contribution in [-0.4, -0.2) is 41.9 Å². The predicted molar refractivity (Wildman–Crippen MR) is 127 cm³/mol. The van der Waals surface area contributed by atoms with E-state index >= 15 is 0 Å². The number of esters is 1. The third-order valence-corrected chi connectivity index (χ3v) is 7.07. The predicted octanol–water partition coefficient (Wildman–Crippen LogP) is 6.32. The van der Waals surface area contributed by atoms with Crippen LogP contribution in [0.1, 0.15) is 45.4 Å². The second-order valence-electron chi connectivity index (χ2n) is 10.0. The number of rotatable bonds is 12. The summed E-state index contributed by atoms with van der Waals surface area (Å²) in [6.45, 7) is 15.6. The Morgan fingerprint density at radius 1 is 0.931 bits per heavy atom. The lowest BCUT2D eigenvalue weighted by Gasteiger charge is -2.30. The fourth-order valence-corrected chi connectivity index (χ4v) is 6.36. The summed E-state index contributed by atoms with van der Waals surface area (Å²) in [5, 5.41) is 0. The van der Waals surface area contributed by atoms with Gasteiger partial charge in [0.15, 0.2) is 16.6 Å². The summed E-state index contributed by atoms with van der Waals surface area (Å²) in [5.74, 6) is 0.450. The van der Waals surface area contributed by atoms with Crippen molar-refractivity contribution in [1.29, 1.82) is 0 Å². The molecule has 1 rings (SSSR count). The van der Waals surface area contributed by atoms with Crippen molar-refractivity contribution in [2.75, 3.05) is 7.11 Å². The molecular formula is C23H44O4Si2. The molecule has 0 bridgehead atoms. The minimum atomic E-state index is -1.69. The summed E-state index contributed by atoms with van der Waals surface area (Å²) in [7, 11) is -1.91. The van der Waals surface area contributed by atoms with Gasteiger partial charge in [-0.25, -0.2) is 0 Å². The first kappa shape index (κ1) is 26.3. The van der Waals surface area contributed by atoms with Gasteiger partial charge in [-0.15, -0.1) is 0 Å². The van der Waals surface area contributed by atoms with Gasteiger partial charge in [-0.05, 0) is 77.3 Å². The molecule has 0 aromatic carbocycles. The average Bonchev–Trinajstić information content (AvgIpc) is 2.88. The standard InChI is InChI=1S/C23H44O4Si2/c1-9-10-11-12-13-14-15-19-20(16-17-23(24)25-2)22(27-29(6,7)8)18-21(19)26-28(3,4)5/h10-11,14-15,19-22H,9,12-13,16-18H2,1-8H3/b11-10+,15-14+. The zero-order chi connectivity index (χ0) is 22.1. The summed E-state index contributed by atoms with van der Waals surface area (Å²) in [6.07, 6.45) is 14.8. The van der Waals surface area contributed by atoms with Crippen molar-refractivity contribution < 1.29 is 18.4 Å². The van der Waals surface area contributed by atoms with Crippen LogP contribution in [0.5, 0.6) is 0 Å². The van der Waals surface area contributed by atoms with Crippen molar-refractivity contribution >= 4 is 22.6 Å². The summed E-state index contributed by atoms with van der Waals surface area (Å²) in [4.78, 5) is 11.8. The zero-order valence-electron chi connectivity index (χ0n) is 20.0. The second-order valence-corrected chi connectivity index (χ2v) is 18.9. The molecule has 168 valence electrons. The first-order chi connectivity index (χ1) is 13.5. The van der Waals surface area contributed by atoms with E-state index in [0.29, 0.717) is 18.3 Å². The molecule has 1 aliphatic rings. The van der Waals surface area contributed by atoms with E-state index in [2.05, 4.69) is 70.5 Å². The monoisotopic (exact) mass is 440 g/mol. The van der Waals surface area contributed by atoms with E-state index in [0.717, 1.165) is 32.1 Å². The first-order valence-electron chi connectivity index (χ1n) is 11.2. The van der Waals surface area contributed by atoms with Crippen molar-refractivity contribution in [2.45, 2.75) is 96.9 Å². The van der Waals surface area contributed by atoms with Crippen LogP contribution in [0.4, 0.5) is 0 Å². The Morgan fingerprint density at radius 2 is 1.52 bits per heavy atom. The molecule has 0 spiro atoms. The van der Waals surface area contributed by atoms with E-state index in [4.69, 9.17) is 13.6 Å². The molecular weight excluding hydrogens is 396 g/mol. The molecule has 4 atom stereocenters. The molecule has 0 saturated heterocycles. The Morgan fingerprint density at radius 3 is 2.07 bits per heavy atom. The topological polar surface area (TPSA) is 44.8 Å². The Hall–Kier alpha value is -0.696. The molecule has 6 heteroatoms. The maximum atomic E-state index is 11.8. The van der Waals surface area contributed by atoms with Crippen LogP contribution < -0.4 is 0 Å². The number of methoxy groups -OCH3 is 1. The number of carbonyl (C=O) groups excluding carboxylic acids is 1. The number of hydrogen-bond donors (Lipinski definition) is 0. The highest BCUT2D eigenvalue weighted by Gasteiger charge is 2.45. The van der Waals surface area contributed by atoms with Crippen LogP contribution in [0.15, 0.2) is 24.3 Å². The minimum absolute atomic E-state index is 0.140. The molecule has 1 fully saturated rings. The van der Waals surface area contributed by atoms with Gasteiger partial charge in [-0.1, -0.05) is 31.2 Å². The number of allylic oxidation sites excluding steroid dienone is 3. The van der Waals surface area contributed by atoms with E-state index in [-0.39, 0.29) is 18.2 Å². The maximum Gasteiger partial charge on any atom is 0.305 e. The van der Waals surface area contributed by atoms with E-state index in [1.54, 1.807) is 0 Å². The van der Waals surface area contributed by atoms with Gasteiger partial charge in [0.1, 0.15) is 0 Å². The Bertz CT molecular complexity index is 546. The van der Waals surface area contributed by atoms with Crippen LogP contribution in [0, 0.1) is 11.8 Å². The lowest BCUT2D eigenvalue weighted by Crippen LogP contribution is -2.35. The Kier molecular flexibility index (Phi) is 11.1. The SMILES string of the molecule is CC/C=C/CC/C=C/C1C(O[Si](C)(C)C)CC(O[Si](C)(C)C)C1CCC(=O)OC. The maximum absolute atomic E-state index is 11.8. The van der Waals surface area contributed by atoms with E-state index in [1.165, 1.54) is 7.11 Å². The molecule has 0 aromatic rings. The number of carbonyl (C=O) groups is 1. The number of ether oxygens (including phenoxy) is 1. The van der Waals surface area contributed by atoms with Crippen LogP contribution in [0.2, 0.25) is 39.3 Å². The molecule has 0 N–H and O–H groups in total. The van der Waals surface area contributed by atoms with Gasteiger partial charge >= 0.3 is 5.97 Å². The number of unbranched alkanes of at least 4 members (excludes halogenated alkanes) is 1. The van der Waals surface area contributed by atoms with E-state index in [1.807, 2.05) is 0 Å². The van der Waals surface area contributed by atoms with Crippen LogP contribution in [0.25, 0.3) is 0 Å². The summed E-state index contributed by atoms with van der Waals surface area (Å²) >= 11 is 0. The summed E-state index contributed by atoms with van der Waals surface area (Å²) in [5.41, 5.74) is 0. The highest BCUT2D eigenvalue weighted by Crippen LogP contribution is 2.42. The Labute approximate surface area is 181 Å². The lowest BCUT2D eigenvalue weighted by atomic mass is 9.89. The van der Waals surface area contributed by atoms with Gasteiger partial charge in [0.05, 0.1) is 19.3 Å². The smallest absolute Gasteiger partial charge is 0.305 e. The minimum Gasteiger partial charge on any atom is -0.469 e. The molecule has 0 amide bonds. The van der Waals surface area contributed by atoms with Crippen LogP contribution in [0.3, 0.4) is 0 Å². The number of hydrogen-bond acceptors (Lipinski definition) is 4. The second kappa shape index (κ2) is 12.2. The molecule has 0 aromatic heterocycles. The highest BCUT2D eigenvalue weighted by atomic mass is 28.4. The van der Waals surface area contributed by atoms with Crippen molar-refractivity contribution in [1.82, 2.24) is 0 Å². The summed E-state index contributed by atoms with van der Waals surface area (Å²) in [6, 6.07) is 0. The van der Waals surface area contributed by atoms with Crippen LogP contribution >= 0.6 is 0 Å². The third kappa shape index (κ3) is 10.8. The van der Waals surface area contributed by atoms with Gasteiger partial charge in [0, 0.05) is 12.3 Å². The normalized spacial score (nSPS) is 25.9. The Balaban J connectivity index is 3.01. The molecule has 0 heterocycles. The van der Waals surface area contributed by atoms with E-state index < -0.39 is 16.6 Å². The van der Waals surface area contributed by atoms with Gasteiger partial charge in [-0.2, -0.15) is 0 Å². The molecule has 4 unspecified atom stereocenters.